The van der Waals surface area contributed by atoms with E-state index in [0.717, 1.165) is 25.2 Å². The molecular weight excluding hydrogens is 228 g/mol. The lowest BCUT2D eigenvalue weighted by Crippen LogP contribution is -2.40. The first-order valence-electron chi connectivity index (χ1n) is 7.30. The molecule has 0 radical (unpaired) electrons. The van der Waals surface area contributed by atoms with E-state index in [0.29, 0.717) is 13.1 Å². The van der Waals surface area contributed by atoms with E-state index in [2.05, 4.69) is 17.6 Å². The number of rotatable bonds is 6. The van der Waals surface area contributed by atoms with Gasteiger partial charge in [0, 0.05) is 13.1 Å². The molecule has 0 saturated heterocycles. The molecule has 2 amide bonds. The van der Waals surface area contributed by atoms with Crippen molar-refractivity contribution >= 4 is 11.8 Å². The van der Waals surface area contributed by atoms with Gasteiger partial charge in [0.05, 0.1) is 0 Å². The van der Waals surface area contributed by atoms with Crippen LogP contribution in [-0.4, -0.2) is 24.9 Å². The van der Waals surface area contributed by atoms with Gasteiger partial charge in [0.25, 0.3) is 0 Å². The third-order valence-corrected chi connectivity index (χ3v) is 3.59. The Morgan fingerprint density at radius 3 is 2.22 bits per heavy atom. The lowest BCUT2D eigenvalue weighted by atomic mass is 9.87. The second-order valence-corrected chi connectivity index (χ2v) is 5.16. The van der Waals surface area contributed by atoms with Crippen LogP contribution in [0, 0.1) is 5.92 Å². The summed E-state index contributed by atoms with van der Waals surface area (Å²) in [6.45, 7) is 3.27. The summed E-state index contributed by atoms with van der Waals surface area (Å²) in [5.74, 6) is -0.240. The van der Waals surface area contributed by atoms with E-state index in [1.54, 1.807) is 0 Å². The number of carbonyl (C=O) groups excluding carboxylic acids is 2. The Morgan fingerprint density at radius 2 is 1.61 bits per heavy atom. The molecule has 0 spiro atoms. The lowest BCUT2D eigenvalue weighted by Gasteiger charge is -2.21. The van der Waals surface area contributed by atoms with E-state index in [9.17, 15) is 9.59 Å². The minimum Gasteiger partial charge on any atom is -0.348 e. The van der Waals surface area contributed by atoms with Crippen molar-refractivity contribution in [2.45, 2.75) is 58.3 Å². The van der Waals surface area contributed by atoms with Gasteiger partial charge in [-0.15, -0.1) is 0 Å². The molecule has 0 heterocycles. The maximum atomic E-state index is 11.5. The second-order valence-electron chi connectivity index (χ2n) is 5.16. The van der Waals surface area contributed by atoms with Crippen LogP contribution in [-0.2, 0) is 9.59 Å². The molecule has 4 heteroatoms. The number of hydrogen-bond donors (Lipinski definition) is 2. The number of carbonyl (C=O) groups is 2. The Hall–Kier alpha value is -1.06. The standard InChI is InChI=1S/C14H26N2O2/c1-2-3-10-15-13(17)14(18)16-11-9-12-7-5-4-6-8-12/h12H,2-11H2,1H3,(H,15,17)(H,16,18). The molecule has 0 unspecified atom stereocenters. The van der Waals surface area contributed by atoms with Crippen molar-refractivity contribution in [3.8, 4) is 0 Å². The lowest BCUT2D eigenvalue weighted by molar-refractivity contribution is -0.139. The van der Waals surface area contributed by atoms with Gasteiger partial charge in [0.2, 0.25) is 0 Å². The molecule has 104 valence electrons. The van der Waals surface area contributed by atoms with Gasteiger partial charge in [0.1, 0.15) is 0 Å². The largest absolute Gasteiger partial charge is 0.348 e. The number of hydrogen-bond acceptors (Lipinski definition) is 2. The average Bonchev–Trinajstić information content (AvgIpc) is 2.40. The highest BCUT2D eigenvalue weighted by Crippen LogP contribution is 2.25. The van der Waals surface area contributed by atoms with Crippen molar-refractivity contribution < 1.29 is 9.59 Å². The van der Waals surface area contributed by atoms with Crippen LogP contribution in [0.25, 0.3) is 0 Å². The zero-order valence-electron chi connectivity index (χ0n) is 11.5. The van der Waals surface area contributed by atoms with Crippen molar-refractivity contribution in [3.05, 3.63) is 0 Å². The topological polar surface area (TPSA) is 58.2 Å². The zero-order valence-corrected chi connectivity index (χ0v) is 11.5. The van der Waals surface area contributed by atoms with Crippen LogP contribution in [0.4, 0.5) is 0 Å². The van der Waals surface area contributed by atoms with E-state index in [-0.39, 0.29) is 0 Å². The van der Waals surface area contributed by atoms with Crippen LogP contribution in [0.15, 0.2) is 0 Å². The van der Waals surface area contributed by atoms with Gasteiger partial charge in [-0.1, -0.05) is 45.4 Å². The summed E-state index contributed by atoms with van der Waals surface area (Å²) in [4.78, 5) is 22.8. The maximum Gasteiger partial charge on any atom is 0.309 e. The fraction of sp³-hybridized carbons (Fsp3) is 0.857. The highest BCUT2D eigenvalue weighted by molar-refractivity contribution is 6.35. The van der Waals surface area contributed by atoms with Gasteiger partial charge in [-0.25, -0.2) is 0 Å². The SMILES string of the molecule is CCCCNC(=O)C(=O)NCCC1CCCCC1. The normalized spacial score (nSPS) is 16.3. The highest BCUT2D eigenvalue weighted by atomic mass is 16.2. The van der Waals surface area contributed by atoms with Crippen molar-refractivity contribution in [2.24, 2.45) is 5.92 Å². The van der Waals surface area contributed by atoms with Gasteiger partial charge in [-0.05, 0) is 18.8 Å². The zero-order chi connectivity index (χ0) is 13.2. The molecule has 18 heavy (non-hydrogen) atoms. The predicted molar refractivity (Wildman–Crippen MR) is 72.1 cm³/mol. The monoisotopic (exact) mass is 254 g/mol. The predicted octanol–water partition coefficient (Wildman–Crippen LogP) is 1.99. The molecule has 0 bridgehead atoms. The summed E-state index contributed by atoms with van der Waals surface area (Å²) in [6, 6.07) is 0. The van der Waals surface area contributed by atoms with E-state index in [1.807, 2.05) is 0 Å². The second kappa shape index (κ2) is 8.95. The van der Waals surface area contributed by atoms with Gasteiger partial charge in [0.15, 0.2) is 0 Å². The number of unbranched alkanes of at least 4 members (excludes halogenated alkanes) is 1. The van der Waals surface area contributed by atoms with Gasteiger partial charge in [-0.3, -0.25) is 9.59 Å². The van der Waals surface area contributed by atoms with Crippen molar-refractivity contribution in [1.29, 1.82) is 0 Å². The molecule has 0 aromatic rings. The Balaban J connectivity index is 2.06. The minimum absolute atomic E-state index is 0.484. The summed E-state index contributed by atoms with van der Waals surface area (Å²) in [7, 11) is 0. The molecule has 2 N–H and O–H groups in total. The number of nitrogens with one attached hydrogen (secondary N) is 2. The fourth-order valence-corrected chi connectivity index (χ4v) is 2.40. The summed E-state index contributed by atoms with van der Waals surface area (Å²) in [5, 5.41) is 5.33. The molecule has 4 nitrogen and oxygen atoms in total. The third-order valence-electron chi connectivity index (χ3n) is 3.59. The van der Waals surface area contributed by atoms with Crippen molar-refractivity contribution in [1.82, 2.24) is 10.6 Å². The molecule has 0 aromatic carbocycles. The van der Waals surface area contributed by atoms with Crippen LogP contribution in [0.3, 0.4) is 0 Å². The number of amides is 2. The van der Waals surface area contributed by atoms with Crippen molar-refractivity contribution in [2.75, 3.05) is 13.1 Å². The molecule has 1 fully saturated rings. The molecule has 0 aliphatic heterocycles. The maximum absolute atomic E-state index is 11.5. The van der Waals surface area contributed by atoms with Crippen LogP contribution in [0.2, 0.25) is 0 Å². The summed E-state index contributed by atoms with van der Waals surface area (Å²) < 4.78 is 0. The van der Waals surface area contributed by atoms with Gasteiger partial charge < -0.3 is 10.6 Å². The van der Waals surface area contributed by atoms with E-state index in [4.69, 9.17) is 0 Å². The Kier molecular flexibility index (Phi) is 7.46. The first kappa shape index (κ1) is 15.0. The Labute approximate surface area is 110 Å². The molecule has 1 aliphatic rings. The van der Waals surface area contributed by atoms with E-state index >= 15 is 0 Å². The first-order chi connectivity index (χ1) is 8.74. The molecule has 1 aliphatic carbocycles. The van der Waals surface area contributed by atoms with Gasteiger partial charge in [-0.2, -0.15) is 0 Å². The Morgan fingerprint density at radius 1 is 1.00 bits per heavy atom. The summed E-state index contributed by atoms with van der Waals surface area (Å²) in [5.41, 5.74) is 0. The molecule has 0 aromatic heterocycles. The molecule has 0 atom stereocenters. The summed E-state index contributed by atoms with van der Waals surface area (Å²) in [6.07, 6.45) is 9.48. The van der Waals surface area contributed by atoms with Crippen molar-refractivity contribution in [3.63, 3.8) is 0 Å². The van der Waals surface area contributed by atoms with Gasteiger partial charge >= 0.3 is 11.8 Å². The molecular formula is C14H26N2O2. The minimum atomic E-state index is -0.493. The molecule has 1 rings (SSSR count). The van der Waals surface area contributed by atoms with Crippen LogP contribution in [0.5, 0.6) is 0 Å². The third kappa shape index (κ3) is 6.03. The van der Waals surface area contributed by atoms with Crippen LogP contribution < -0.4 is 10.6 Å². The quantitative estimate of drug-likeness (QED) is 0.562. The highest BCUT2D eigenvalue weighted by Gasteiger charge is 2.15. The molecule has 1 saturated carbocycles. The summed E-state index contributed by atoms with van der Waals surface area (Å²) >= 11 is 0. The van der Waals surface area contributed by atoms with E-state index < -0.39 is 11.8 Å². The van der Waals surface area contributed by atoms with Crippen LogP contribution in [0.1, 0.15) is 58.3 Å². The van der Waals surface area contributed by atoms with Crippen LogP contribution >= 0.6 is 0 Å². The smallest absolute Gasteiger partial charge is 0.309 e. The first-order valence-corrected chi connectivity index (χ1v) is 7.30. The fourth-order valence-electron chi connectivity index (χ4n) is 2.40. The average molecular weight is 254 g/mol. The van der Waals surface area contributed by atoms with E-state index in [1.165, 1.54) is 32.1 Å². The Bertz CT molecular complexity index is 261.